The van der Waals surface area contributed by atoms with Crippen LogP contribution < -0.4 is 25.0 Å². The van der Waals surface area contributed by atoms with Crippen molar-refractivity contribution < 1.29 is 28.9 Å². The Morgan fingerprint density at radius 1 is 1.16 bits per heavy atom. The summed E-state index contributed by atoms with van der Waals surface area (Å²) in [5.74, 6) is 0.998. The van der Waals surface area contributed by atoms with E-state index in [9.17, 15) is 19.7 Å². The zero-order chi connectivity index (χ0) is 27.4. The number of carbonyl (C=O) groups excluding carboxylic acids is 1. The molecule has 2 aromatic carbocycles. The first kappa shape index (κ1) is 27.3. The number of aryl methyl sites for hydroxylation is 1. The highest BCUT2D eigenvalue weighted by molar-refractivity contribution is 7.98. The third-order valence-electron chi connectivity index (χ3n) is 6.30. The molecule has 1 N–H and O–H groups in total. The molecular weight excluding hydrogens is 532 g/mol. The molecule has 1 atom stereocenters. The second kappa shape index (κ2) is 11.7. The molecule has 0 aliphatic heterocycles. The van der Waals surface area contributed by atoms with Gasteiger partial charge in [-0.15, -0.1) is 33.2 Å². The van der Waals surface area contributed by atoms with Gasteiger partial charge in [-0.3, -0.25) is 9.59 Å². The molecule has 1 aliphatic carbocycles. The number of nitrogens with one attached hydrogen (secondary N) is 1. The second-order valence-electron chi connectivity index (χ2n) is 8.30. The molecular formula is C26H26N2O8S2. The molecule has 0 fully saturated rings. The SMILES string of the molecule is COc1cc2c(c(OC)c1OC)-c1ccc(SC)c(=O)cc1[C@@H](NC(=O)c1sccc1CO[N+](=O)[O-])CC2. The number of amides is 1. The van der Waals surface area contributed by atoms with Crippen molar-refractivity contribution in [1.82, 2.24) is 5.32 Å². The van der Waals surface area contributed by atoms with E-state index in [4.69, 9.17) is 14.2 Å². The number of methoxy groups -OCH3 is 3. The van der Waals surface area contributed by atoms with E-state index < -0.39 is 17.0 Å². The smallest absolute Gasteiger partial charge is 0.294 e. The predicted octanol–water partition coefficient (Wildman–Crippen LogP) is 4.65. The molecule has 200 valence electrons. The van der Waals surface area contributed by atoms with E-state index in [1.165, 1.54) is 18.9 Å². The van der Waals surface area contributed by atoms with E-state index >= 15 is 0 Å². The molecule has 0 unspecified atom stereocenters. The van der Waals surface area contributed by atoms with Gasteiger partial charge in [0.1, 0.15) is 6.61 Å². The van der Waals surface area contributed by atoms with Gasteiger partial charge in [0.2, 0.25) is 5.75 Å². The van der Waals surface area contributed by atoms with Crippen molar-refractivity contribution >= 4 is 29.0 Å². The minimum Gasteiger partial charge on any atom is -0.493 e. The number of thiophene rings is 1. The van der Waals surface area contributed by atoms with Gasteiger partial charge in [-0.2, -0.15) is 0 Å². The molecule has 3 aromatic rings. The Labute approximate surface area is 227 Å². The summed E-state index contributed by atoms with van der Waals surface area (Å²) < 4.78 is 17.0. The first-order chi connectivity index (χ1) is 18.3. The summed E-state index contributed by atoms with van der Waals surface area (Å²) in [5, 5.41) is 14.5. The van der Waals surface area contributed by atoms with E-state index in [1.54, 1.807) is 37.8 Å². The van der Waals surface area contributed by atoms with Gasteiger partial charge in [-0.25, -0.2) is 0 Å². The van der Waals surface area contributed by atoms with Crippen LogP contribution in [0.1, 0.15) is 38.8 Å². The highest BCUT2D eigenvalue weighted by Crippen LogP contribution is 2.50. The van der Waals surface area contributed by atoms with Gasteiger partial charge in [0.25, 0.3) is 11.0 Å². The van der Waals surface area contributed by atoms with Crippen molar-refractivity contribution in [2.45, 2.75) is 30.4 Å². The number of carbonyl (C=O) groups is 1. The van der Waals surface area contributed by atoms with Crippen LogP contribution in [0.4, 0.5) is 0 Å². The Hall–Kier alpha value is -3.77. The van der Waals surface area contributed by atoms with Gasteiger partial charge in [0.15, 0.2) is 16.9 Å². The fourth-order valence-corrected chi connectivity index (χ4v) is 5.89. The van der Waals surface area contributed by atoms with Crippen LogP contribution in [0.25, 0.3) is 11.1 Å². The lowest BCUT2D eigenvalue weighted by Gasteiger charge is -2.20. The van der Waals surface area contributed by atoms with Crippen LogP contribution >= 0.6 is 23.1 Å². The maximum Gasteiger partial charge on any atom is 0.294 e. The molecule has 0 saturated carbocycles. The molecule has 1 amide bonds. The number of hydrogen-bond donors (Lipinski definition) is 1. The maximum atomic E-state index is 13.4. The van der Waals surface area contributed by atoms with Crippen molar-refractivity contribution in [3.8, 4) is 28.4 Å². The van der Waals surface area contributed by atoms with Crippen LogP contribution in [0, 0.1) is 10.1 Å². The molecule has 0 bridgehead atoms. The number of fused-ring (bicyclic) bond motifs is 3. The normalized spacial score (nSPS) is 13.9. The summed E-state index contributed by atoms with van der Waals surface area (Å²) >= 11 is 2.50. The number of thioether (sulfide) groups is 1. The quantitative estimate of drug-likeness (QED) is 0.227. The average molecular weight is 559 g/mol. The number of ether oxygens (including phenoxy) is 3. The molecule has 38 heavy (non-hydrogen) atoms. The molecule has 4 rings (SSSR count). The average Bonchev–Trinajstić information content (AvgIpc) is 3.26. The lowest BCUT2D eigenvalue weighted by atomic mass is 9.95. The Morgan fingerprint density at radius 3 is 2.58 bits per heavy atom. The molecule has 10 nitrogen and oxygen atoms in total. The standard InChI is InChI=1S/C26H26N2O8S2/c1-33-20-11-14-5-7-18(27-26(30)25-15(9-10-38-25)13-36-28(31)32)17-12-19(29)21(37-4)8-6-16(17)22(14)24(35-3)23(20)34-2/h6,8-12,18H,5,7,13H2,1-4H3,(H,27,30)/t18-/m0/s1. The molecule has 0 radical (unpaired) electrons. The summed E-state index contributed by atoms with van der Waals surface area (Å²) in [5.41, 5.74) is 3.27. The highest BCUT2D eigenvalue weighted by atomic mass is 32.2. The maximum absolute atomic E-state index is 13.4. The first-order valence-corrected chi connectivity index (χ1v) is 13.6. The third kappa shape index (κ3) is 5.27. The van der Waals surface area contributed by atoms with Crippen molar-refractivity contribution in [2.75, 3.05) is 27.6 Å². The Morgan fingerprint density at radius 2 is 1.92 bits per heavy atom. The summed E-state index contributed by atoms with van der Waals surface area (Å²) in [7, 11) is 4.62. The Kier molecular flexibility index (Phi) is 8.42. The van der Waals surface area contributed by atoms with Crippen LogP contribution in [0.5, 0.6) is 17.2 Å². The zero-order valence-corrected chi connectivity index (χ0v) is 22.8. The van der Waals surface area contributed by atoms with E-state index in [-0.39, 0.29) is 12.0 Å². The van der Waals surface area contributed by atoms with Gasteiger partial charge in [-0.05, 0) is 65.4 Å². The monoisotopic (exact) mass is 558 g/mol. The Balaban J connectivity index is 1.86. The third-order valence-corrected chi connectivity index (χ3v) is 8.04. The minimum atomic E-state index is -0.896. The predicted molar refractivity (Wildman–Crippen MR) is 144 cm³/mol. The van der Waals surface area contributed by atoms with Crippen LogP contribution in [0.2, 0.25) is 0 Å². The minimum absolute atomic E-state index is 0.169. The second-order valence-corrected chi connectivity index (χ2v) is 10.1. The fraction of sp³-hybridized carbons (Fsp3) is 0.308. The van der Waals surface area contributed by atoms with Crippen molar-refractivity contribution in [3.05, 3.63) is 77.6 Å². The largest absolute Gasteiger partial charge is 0.493 e. The number of nitrogens with zero attached hydrogens (tertiary/aromatic N) is 1. The van der Waals surface area contributed by atoms with Gasteiger partial charge < -0.3 is 24.4 Å². The van der Waals surface area contributed by atoms with Crippen LogP contribution in [-0.2, 0) is 17.9 Å². The fourth-order valence-electron chi connectivity index (χ4n) is 4.61. The molecule has 1 aliphatic rings. The summed E-state index contributed by atoms with van der Waals surface area (Å²) in [6.07, 6.45) is 2.85. The van der Waals surface area contributed by atoms with Crippen LogP contribution in [-0.4, -0.2) is 38.6 Å². The molecule has 0 spiro atoms. The van der Waals surface area contributed by atoms with Crippen molar-refractivity contribution in [1.29, 1.82) is 0 Å². The summed E-state index contributed by atoms with van der Waals surface area (Å²) in [6, 6.07) is 8.15. The van der Waals surface area contributed by atoms with E-state index in [1.807, 2.05) is 18.4 Å². The van der Waals surface area contributed by atoms with Crippen LogP contribution in [0.15, 0.2) is 45.4 Å². The van der Waals surface area contributed by atoms with E-state index in [0.29, 0.717) is 51.0 Å². The number of hydrogen-bond acceptors (Lipinski definition) is 10. The number of benzene rings is 1. The summed E-state index contributed by atoms with van der Waals surface area (Å²) in [4.78, 5) is 42.5. The van der Waals surface area contributed by atoms with Crippen molar-refractivity contribution in [3.63, 3.8) is 0 Å². The molecule has 1 heterocycles. The zero-order valence-electron chi connectivity index (χ0n) is 21.2. The lowest BCUT2D eigenvalue weighted by Crippen LogP contribution is -2.29. The van der Waals surface area contributed by atoms with E-state index in [2.05, 4.69) is 10.2 Å². The lowest BCUT2D eigenvalue weighted by molar-refractivity contribution is -0.763. The van der Waals surface area contributed by atoms with Gasteiger partial charge in [-0.1, -0.05) is 6.07 Å². The first-order valence-electron chi connectivity index (χ1n) is 11.5. The molecule has 12 heteroatoms. The molecule has 1 aromatic heterocycles. The topological polar surface area (TPSA) is 126 Å². The molecule has 0 saturated heterocycles. The van der Waals surface area contributed by atoms with Gasteiger partial charge >= 0.3 is 0 Å². The van der Waals surface area contributed by atoms with Crippen molar-refractivity contribution in [2.24, 2.45) is 0 Å². The highest BCUT2D eigenvalue weighted by Gasteiger charge is 2.30. The Bertz CT molecular complexity index is 1440. The van der Waals surface area contributed by atoms with Gasteiger partial charge in [0, 0.05) is 11.1 Å². The van der Waals surface area contributed by atoms with Crippen LogP contribution in [0.3, 0.4) is 0 Å². The van der Waals surface area contributed by atoms with E-state index in [0.717, 1.165) is 28.0 Å². The number of rotatable bonds is 9. The van der Waals surface area contributed by atoms with Gasteiger partial charge in [0.05, 0.1) is 37.1 Å². The summed E-state index contributed by atoms with van der Waals surface area (Å²) in [6.45, 7) is -0.334.